The number of aromatic nitrogens is 5. The predicted molar refractivity (Wildman–Crippen MR) is 99.4 cm³/mol. The number of oxazole rings is 1. The number of imidazole rings is 1. The minimum absolute atomic E-state index is 0.689. The van der Waals surface area contributed by atoms with E-state index >= 15 is 0 Å². The first kappa shape index (κ1) is 15.1. The largest absolute Gasteiger partial charge is 0.423 e. The summed E-state index contributed by atoms with van der Waals surface area (Å²) in [5.74, 6) is 0.732. The Labute approximate surface area is 150 Å². The summed E-state index contributed by atoms with van der Waals surface area (Å²) in [5, 5.41) is 0. The van der Waals surface area contributed by atoms with E-state index in [9.17, 15) is 0 Å². The molecule has 3 aromatic heterocycles. The van der Waals surface area contributed by atoms with Crippen molar-refractivity contribution in [2.24, 2.45) is 7.05 Å². The lowest BCUT2D eigenvalue weighted by Gasteiger charge is -2.20. The molecule has 0 bridgehead atoms. The van der Waals surface area contributed by atoms with Gasteiger partial charge in [-0.1, -0.05) is 12.1 Å². The number of benzene rings is 1. The zero-order valence-corrected chi connectivity index (χ0v) is 14.5. The summed E-state index contributed by atoms with van der Waals surface area (Å²) in [6.45, 7) is 3.43. The van der Waals surface area contributed by atoms with Gasteiger partial charge in [0.05, 0.1) is 12.5 Å². The molecule has 0 amide bonds. The van der Waals surface area contributed by atoms with E-state index in [-0.39, 0.29) is 0 Å². The molecular weight excluding hydrogens is 330 g/mol. The van der Waals surface area contributed by atoms with Crippen molar-refractivity contribution in [3.63, 3.8) is 0 Å². The molecule has 1 aromatic carbocycles. The average molecular weight is 349 g/mol. The van der Waals surface area contributed by atoms with E-state index in [1.165, 1.54) is 0 Å². The Morgan fingerprint density at radius 2 is 1.81 bits per heavy atom. The van der Waals surface area contributed by atoms with Gasteiger partial charge in [-0.15, -0.1) is 0 Å². The standard InChI is InChI=1S/C18H19N7O/c1-23-12-20-16-14(23)11-19-17(22-16)24-7-4-8-25(10-9-24)18-21-13-5-2-3-6-15(13)26-18/h2-3,5-6,11-12H,4,7-10H2,1H3. The summed E-state index contributed by atoms with van der Waals surface area (Å²) < 4.78 is 7.84. The van der Waals surface area contributed by atoms with Gasteiger partial charge in [-0.2, -0.15) is 9.97 Å². The van der Waals surface area contributed by atoms with Crippen LogP contribution in [-0.4, -0.2) is 50.7 Å². The lowest BCUT2D eigenvalue weighted by atomic mass is 10.3. The Morgan fingerprint density at radius 1 is 0.962 bits per heavy atom. The van der Waals surface area contributed by atoms with Crippen LogP contribution in [0.15, 0.2) is 41.2 Å². The highest BCUT2D eigenvalue weighted by Crippen LogP contribution is 2.23. The Morgan fingerprint density at radius 3 is 2.73 bits per heavy atom. The first-order chi connectivity index (χ1) is 12.8. The fourth-order valence-electron chi connectivity index (χ4n) is 3.36. The van der Waals surface area contributed by atoms with Gasteiger partial charge < -0.3 is 18.8 Å². The van der Waals surface area contributed by atoms with Crippen molar-refractivity contribution in [3.05, 3.63) is 36.8 Å². The monoisotopic (exact) mass is 349 g/mol. The van der Waals surface area contributed by atoms with Crippen LogP contribution in [0.5, 0.6) is 0 Å². The van der Waals surface area contributed by atoms with Crippen LogP contribution in [0.3, 0.4) is 0 Å². The maximum absolute atomic E-state index is 5.92. The minimum atomic E-state index is 0.689. The number of aryl methyl sites for hydroxylation is 1. The van der Waals surface area contributed by atoms with Gasteiger partial charge >= 0.3 is 0 Å². The van der Waals surface area contributed by atoms with Gasteiger partial charge in [0.2, 0.25) is 5.95 Å². The molecule has 8 nitrogen and oxygen atoms in total. The van der Waals surface area contributed by atoms with Crippen molar-refractivity contribution < 1.29 is 4.42 Å². The van der Waals surface area contributed by atoms with E-state index in [1.54, 1.807) is 6.33 Å². The molecule has 4 heterocycles. The third-order valence-corrected chi connectivity index (χ3v) is 4.80. The maximum atomic E-state index is 5.92. The van der Waals surface area contributed by atoms with Crippen molar-refractivity contribution in [2.45, 2.75) is 6.42 Å². The number of fused-ring (bicyclic) bond motifs is 2. The molecule has 5 rings (SSSR count). The van der Waals surface area contributed by atoms with Gasteiger partial charge in [-0.25, -0.2) is 9.97 Å². The summed E-state index contributed by atoms with van der Waals surface area (Å²) in [5.41, 5.74) is 3.40. The Hall–Kier alpha value is -3.16. The number of hydrogen-bond acceptors (Lipinski definition) is 7. The predicted octanol–water partition coefficient (Wildman–Crippen LogP) is 2.22. The highest BCUT2D eigenvalue weighted by atomic mass is 16.4. The van der Waals surface area contributed by atoms with Crippen LogP contribution in [-0.2, 0) is 7.05 Å². The second kappa shape index (κ2) is 5.98. The molecule has 4 aromatic rings. The highest BCUT2D eigenvalue weighted by Gasteiger charge is 2.21. The maximum Gasteiger partial charge on any atom is 0.298 e. The summed E-state index contributed by atoms with van der Waals surface area (Å²) in [6.07, 6.45) is 4.59. The Kier molecular flexibility index (Phi) is 3.48. The van der Waals surface area contributed by atoms with E-state index in [0.717, 1.165) is 60.8 Å². The van der Waals surface area contributed by atoms with Crippen LogP contribution in [0, 0.1) is 0 Å². The summed E-state index contributed by atoms with van der Waals surface area (Å²) >= 11 is 0. The third-order valence-electron chi connectivity index (χ3n) is 4.80. The molecule has 0 atom stereocenters. The van der Waals surface area contributed by atoms with E-state index in [0.29, 0.717) is 6.01 Å². The molecule has 1 saturated heterocycles. The molecule has 0 spiro atoms. The molecule has 0 radical (unpaired) electrons. The molecule has 1 aliphatic rings. The molecule has 8 heteroatoms. The fraction of sp³-hybridized carbons (Fsp3) is 0.333. The molecule has 0 unspecified atom stereocenters. The van der Waals surface area contributed by atoms with Crippen molar-refractivity contribution >= 4 is 34.2 Å². The zero-order chi connectivity index (χ0) is 17.5. The average Bonchev–Trinajstić information content (AvgIpc) is 3.17. The molecule has 0 saturated carbocycles. The summed E-state index contributed by atoms with van der Waals surface area (Å²) in [7, 11) is 1.95. The zero-order valence-electron chi connectivity index (χ0n) is 14.5. The normalized spacial score (nSPS) is 15.7. The van der Waals surface area contributed by atoms with Crippen molar-refractivity contribution in [2.75, 3.05) is 36.0 Å². The fourth-order valence-corrected chi connectivity index (χ4v) is 3.36. The molecule has 132 valence electrons. The molecular formula is C18H19N7O. The Bertz CT molecular complexity index is 1040. The second-order valence-electron chi connectivity index (χ2n) is 6.53. The summed E-state index contributed by atoms with van der Waals surface area (Å²) in [4.78, 5) is 22.5. The van der Waals surface area contributed by atoms with Crippen LogP contribution in [0.2, 0.25) is 0 Å². The second-order valence-corrected chi connectivity index (χ2v) is 6.53. The quantitative estimate of drug-likeness (QED) is 0.549. The van der Waals surface area contributed by atoms with Crippen molar-refractivity contribution in [3.8, 4) is 0 Å². The van der Waals surface area contributed by atoms with E-state index in [4.69, 9.17) is 4.42 Å². The number of para-hydroxylation sites is 2. The van der Waals surface area contributed by atoms with Gasteiger partial charge in [0.25, 0.3) is 6.01 Å². The van der Waals surface area contributed by atoms with E-state index in [1.807, 2.05) is 42.1 Å². The molecule has 0 aliphatic carbocycles. The lowest BCUT2D eigenvalue weighted by molar-refractivity contribution is 0.571. The number of nitrogens with zero attached hydrogens (tertiary/aromatic N) is 7. The first-order valence-electron chi connectivity index (χ1n) is 8.77. The number of anilines is 2. The molecule has 26 heavy (non-hydrogen) atoms. The third kappa shape index (κ3) is 2.54. The molecule has 0 N–H and O–H groups in total. The first-order valence-corrected chi connectivity index (χ1v) is 8.77. The van der Waals surface area contributed by atoms with Crippen LogP contribution in [0.1, 0.15) is 6.42 Å². The van der Waals surface area contributed by atoms with Gasteiger partial charge in [0, 0.05) is 33.2 Å². The molecule has 1 aliphatic heterocycles. The Balaban J connectivity index is 1.37. The smallest absolute Gasteiger partial charge is 0.298 e. The van der Waals surface area contributed by atoms with E-state index < -0.39 is 0 Å². The van der Waals surface area contributed by atoms with Crippen molar-refractivity contribution in [1.29, 1.82) is 0 Å². The van der Waals surface area contributed by atoms with Crippen LogP contribution >= 0.6 is 0 Å². The van der Waals surface area contributed by atoms with Gasteiger partial charge in [0.15, 0.2) is 11.2 Å². The SMILES string of the molecule is Cn1cnc2nc(N3CCCN(c4nc5ccccc5o4)CC3)ncc21. The lowest BCUT2D eigenvalue weighted by Crippen LogP contribution is -2.31. The topological polar surface area (TPSA) is 76.1 Å². The van der Waals surface area contributed by atoms with Gasteiger partial charge in [-0.05, 0) is 18.6 Å². The van der Waals surface area contributed by atoms with Crippen LogP contribution < -0.4 is 9.80 Å². The minimum Gasteiger partial charge on any atom is -0.423 e. The van der Waals surface area contributed by atoms with Crippen LogP contribution in [0.4, 0.5) is 12.0 Å². The van der Waals surface area contributed by atoms with E-state index in [2.05, 4.69) is 29.7 Å². The number of hydrogen-bond donors (Lipinski definition) is 0. The molecule has 1 fully saturated rings. The highest BCUT2D eigenvalue weighted by molar-refractivity contribution is 5.74. The number of rotatable bonds is 2. The van der Waals surface area contributed by atoms with Crippen LogP contribution in [0.25, 0.3) is 22.3 Å². The van der Waals surface area contributed by atoms with Gasteiger partial charge in [-0.3, -0.25) is 0 Å². The van der Waals surface area contributed by atoms with Crippen molar-refractivity contribution in [1.82, 2.24) is 24.5 Å². The summed E-state index contributed by atoms with van der Waals surface area (Å²) in [6, 6.07) is 8.55. The van der Waals surface area contributed by atoms with Gasteiger partial charge in [0.1, 0.15) is 11.0 Å².